The molecule has 0 unspecified atom stereocenters. The van der Waals surface area contributed by atoms with E-state index in [4.69, 9.17) is 5.11 Å². The average Bonchev–Trinajstić information content (AvgIpc) is 2.96. The molecule has 0 aliphatic carbocycles. The van der Waals surface area contributed by atoms with Gasteiger partial charge in [-0.05, 0) is 19.1 Å². The quantitative estimate of drug-likeness (QED) is 0.767. The molecule has 110 valence electrons. The highest BCUT2D eigenvalue weighted by Crippen LogP contribution is 2.15. The first kappa shape index (κ1) is 14.7. The first-order chi connectivity index (χ1) is 10.0. The van der Waals surface area contributed by atoms with Gasteiger partial charge >= 0.3 is 5.97 Å². The lowest BCUT2D eigenvalue weighted by molar-refractivity contribution is -0.138. The Kier molecular flexibility index (Phi) is 4.32. The van der Waals surface area contributed by atoms with Gasteiger partial charge < -0.3 is 10.4 Å². The standard InChI is InChI=1S/C14H16N4O3/c1-3-11-16-12(18-17-11)9-4-6-10(7-5-9)13(19)15-8(2)14(20)21/h4-8H,3H2,1-2H3,(H,15,19)(H,20,21)(H,16,17,18)/t8-/m0/s1. The number of aryl methyl sites for hydroxylation is 1. The van der Waals surface area contributed by atoms with E-state index >= 15 is 0 Å². The molecule has 2 aromatic rings. The number of benzene rings is 1. The summed E-state index contributed by atoms with van der Waals surface area (Å²) >= 11 is 0. The van der Waals surface area contributed by atoms with E-state index in [1.807, 2.05) is 6.92 Å². The van der Waals surface area contributed by atoms with Crippen LogP contribution in [0.15, 0.2) is 24.3 Å². The van der Waals surface area contributed by atoms with Crippen LogP contribution in [0.2, 0.25) is 0 Å². The molecular weight excluding hydrogens is 272 g/mol. The largest absolute Gasteiger partial charge is 0.480 e. The molecule has 21 heavy (non-hydrogen) atoms. The van der Waals surface area contributed by atoms with Crippen molar-refractivity contribution in [1.29, 1.82) is 0 Å². The van der Waals surface area contributed by atoms with Gasteiger partial charge in [0, 0.05) is 17.5 Å². The minimum absolute atomic E-state index is 0.387. The first-order valence-electron chi connectivity index (χ1n) is 6.56. The van der Waals surface area contributed by atoms with Crippen LogP contribution in [0.4, 0.5) is 0 Å². The lowest BCUT2D eigenvalue weighted by atomic mass is 10.1. The van der Waals surface area contributed by atoms with E-state index in [0.717, 1.165) is 17.8 Å². The summed E-state index contributed by atoms with van der Waals surface area (Å²) in [7, 11) is 0. The van der Waals surface area contributed by atoms with Gasteiger partial charge in [0.25, 0.3) is 5.91 Å². The number of hydrogen-bond acceptors (Lipinski definition) is 4. The number of carbonyl (C=O) groups is 2. The highest BCUT2D eigenvalue weighted by Gasteiger charge is 2.15. The molecule has 0 bridgehead atoms. The summed E-state index contributed by atoms with van der Waals surface area (Å²) in [5, 5.41) is 18.1. The number of H-pyrrole nitrogens is 1. The number of nitrogens with zero attached hydrogens (tertiary/aromatic N) is 2. The number of hydrogen-bond donors (Lipinski definition) is 3. The molecule has 1 atom stereocenters. The lowest BCUT2D eigenvalue weighted by Gasteiger charge is -2.09. The topological polar surface area (TPSA) is 108 Å². The fourth-order valence-corrected chi connectivity index (χ4v) is 1.69. The average molecular weight is 288 g/mol. The summed E-state index contributed by atoms with van der Waals surface area (Å²) in [6.07, 6.45) is 0.764. The minimum atomic E-state index is -1.08. The third kappa shape index (κ3) is 3.44. The van der Waals surface area contributed by atoms with Crippen LogP contribution in [0.1, 0.15) is 30.0 Å². The molecule has 0 saturated heterocycles. The third-order valence-corrected chi connectivity index (χ3v) is 2.99. The predicted octanol–water partition coefficient (Wildman–Crippen LogP) is 1.24. The van der Waals surface area contributed by atoms with E-state index in [0.29, 0.717) is 11.4 Å². The number of rotatable bonds is 5. The molecule has 0 saturated carbocycles. The molecule has 0 aliphatic rings. The first-order valence-corrected chi connectivity index (χ1v) is 6.56. The Bertz CT molecular complexity index is 648. The van der Waals surface area contributed by atoms with Crippen LogP contribution < -0.4 is 5.32 Å². The van der Waals surface area contributed by atoms with Gasteiger partial charge in [0.1, 0.15) is 11.9 Å². The number of carboxylic acids is 1. The highest BCUT2D eigenvalue weighted by molar-refractivity contribution is 5.96. The van der Waals surface area contributed by atoms with Crippen LogP contribution in [0.3, 0.4) is 0 Å². The molecular formula is C14H16N4O3. The van der Waals surface area contributed by atoms with Gasteiger partial charge in [-0.15, -0.1) is 0 Å². The fraction of sp³-hybridized carbons (Fsp3) is 0.286. The molecule has 0 aliphatic heterocycles. The molecule has 0 radical (unpaired) electrons. The van der Waals surface area contributed by atoms with Gasteiger partial charge in [-0.3, -0.25) is 14.7 Å². The van der Waals surface area contributed by atoms with E-state index in [-0.39, 0.29) is 0 Å². The summed E-state index contributed by atoms with van der Waals surface area (Å²) < 4.78 is 0. The van der Waals surface area contributed by atoms with Gasteiger partial charge in [0.2, 0.25) is 0 Å². The molecule has 2 rings (SSSR count). The number of aromatic nitrogens is 3. The number of carboxylic acid groups (broad SMARTS) is 1. The van der Waals surface area contributed by atoms with Gasteiger partial charge in [-0.2, -0.15) is 5.10 Å². The van der Waals surface area contributed by atoms with Crippen molar-refractivity contribution >= 4 is 11.9 Å². The van der Waals surface area contributed by atoms with Crippen molar-refractivity contribution in [3.8, 4) is 11.4 Å². The van der Waals surface area contributed by atoms with E-state index in [1.165, 1.54) is 6.92 Å². The van der Waals surface area contributed by atoms with E-state index in [9.17, 15) is 9.59 Å². The molecule has 0 fully saturated rings. The second kappa shape index (κ2) is 6.17. The Morgan fingerprint density at radius 1 is 1.33 bits per heavy atom. The number of aromatic amines is 1. The normalized spacial score (nSPS) is 11.9. The van der Waals surface area contributed by atoms with Crippen LogP contribution in [0.5, 0.6) is 0 Å². The van der Waals surface area contributed by atoms with Crippen LogP contribution in [0.25, 0.3) is 11.4 Å². The number of carbonyl (C=O) groups excluding carboxylic acids is 1. The second-order valence-electron chi connectivity index (χ2n) is 4.57. The van der Waals surface area contributed by atoms with E-state index < -0.39 is 17.9 Å². The van der Waals surface area contributed by atoms with E-state index in [1.54, 1.807) is 24.3 Å². The minimum Gasteiger partial charge on any atom is -0.480 e. The highest BCUT2D eigenvalue weighted by atomic mass is 16.4. The number of aliphatic carboxylic acids is 1. The number of nitrogens with one attached hydrogen (secondary N) is 2. The summed E-state index contributed by atoms with van der Waals surface area (Å²) in [4.78, 5) is 26.8. The van der Waals surface area contributed by atoms with Crippen molar-refractivity contribution in [3.63, 3.8) is 0 Å². The van der Waals surface area contributed by atoms with Crippen molar-refractivity contribution in [2.45, 2.75) is 26.3 Å². The summed E-state index contributed by atoms with van der Waals surface area (Å²) in [6.45, 7) is 3.38. The summed E-state index contributed by atoms with van der Waals surface area (Å²) in [6, 6.07) is 5.74. The van der Waals surface area contributed by atoms with Crippen LogP contribution in [0, 0.1) is 0 Å². The number of amides is 1. The SMILES string of the molecule is CCc1nc(-c2ccc(C(=O)N[C@@H](C)C(=O)O)cc2)n[nH]1. The van der Waals surface area contributed by atoms with Crippen LogP contribution in [-0.2, 0) is 11.2 Å². The van der Waals surface area contributed by atoms with Gasteiger partial charge in [0.05, 0.1) is 0 Å². The van der Waals surface area contributed by atoms with Gasteiger partial charge in [0.15, 0.2) is 5.82 Å². The smallest absolute Gasteiger partial charge is 0.325 e. The van der Waals surface area contributed by atoms with Gasteiger partial charge in [-0.25, -0.2) is 4.98 Å². The zero-order valence-corrected chi connectivity index (χ0v) is 11.8. The molecule has 3 N–H and O–H groups in total. The van der Waals surface area contributed by atoms with E-state index in [2.05, 4.69) is 20.5 Å². The molecule has 1 amide bonds. The maximum absolute atomic E-state index is 11.8. The van der Waals surface area contributed by atoms with Crippen LogP contribution in [-0.4, -0.2) is 38.2 Å². The molecule has 7 nitrogen and oxygen atoms in total. The lowest BCUT2D eigenvalue weighted by Crippen LogP contribution is -2.38. The monoisotopic (exact) mass is 288 g/mol. The Balaban J connectivity index is 2.11. The molecule has 7 heteroatoms. The van der Waals surface area contributed by atoms with Crippen LogP contribution >= 0.6 is 0 Å². The third-order valence-electron chi connectivity index (χ3n) is 2.99. The summed E-state index contributed by atoms with van der Waals surface area (Å²) in [5.41, 5.74) is 1.17. The van der Waals surface area contributed by atoms with Crippen molar-refractivity contribution < 1.29 is 14.7 Å². The molecule has 0 spiro atoms. The fourth-order valence-electron chi connectivity index (χ4n) is 1.69. The van der Waals surface area contributed by atoms with Crippen molar-refractivity contribution in [1.82, 2.24) is 20.5 Å². The molecule has 1 heterocycles. The second-order valence-corrected chi connectivity index (χ2v) is 4.57. The van der Waals surface area contributed by atoms with Crippen molar-refractivity contribution in [2.75, 3.05) is 0 Å². The Hall–Kier alpha value is -2.70. The summed E-state index contributed by atoms with van der Waals surface area (Å²) in [5.74, 6) is -0.145. The Morgan fingerprint density at radius 2 is 2.00 bits per heavy atom. The Morgan fingerprint density at radius 3 is 2.52 bits per heavy atom. The maximum Gasteiger partial charge on any atom is 0.325 e. The zero-order valence-electron chi connectivity index (χ0n) is 11.8. The zero-order chi connectivity index (χ0) is 15.4. The Labute approximate surface area is 121 Å². The molecule has 1 aromatic heterocycles. The maximum atomic E-state index is 11.8. The van der Waals surface area contributed by atoms with Crippen molar-refractivity contribution in [3.05, 3.63) is 35.7 Å². The molecule has 1 aromatic carbocycles. The van der Waals surface area contributed by atoms with Gasteiger partial charge in [-0.1, -0.05) is 19.1 Å². The predicted molar refractivity (Wildman–Crippen MR) is 75.8 cm³/mol. The van der Waals surface area contributed by atoms with Crippen molar-refractivity contribution in [2.24, 2.45) is 0 Å².